The first-order valence-corrected chi connectivity index (χ1v) is 8.76. The van der Waals surface area contributed by atoms with E-state index in [1.807, 2.05) is 62.2 Å². The van der Waals surface area contributed by atoms with Crippen LogP contribution in [0.1, 0.15) is 18.1 Å². The Morgan fingerprint density at radius 1 is 1.04 bits per heavy atom. The number of methoxy groups -OCH3 is 3. The van der Waals surface area contributed by atoms with Gasteiger partial charge < -0.3 is 19.5 Å². The molecule has 1 amide bonds. The van der Waals surface area contributed by atoms with Crippen molar-refractivity contribution in [3.05, 3.63) is 47.5 Å². The largest absolute Gasteiger partial charge is 0.497 e. The van der Waals surface area contributed by atoms with E-state index in [2.05, 4.69) is 5.32 Å². The molecule has 0 aliphatic carbocycles. The molecule has 27 heavy (non-hydrogen) atoms. The van der Waals surface area contributed by atoms with Crippen LogP contribution in [0.4, 0.5) is 5.69 Å². The van der Waals surface area contributed by atoms with Crippen molar-refractivity contribution in [2.45, 2.75) is 26.4 Å². The molecule has 0 spiro atoms. The van der Waals surface area contributed by atoms with Gasteiger partial charge in [-0.25, -0.2) is 0 Å². The molecule has 0 bridgehead atoms. The van der Waals surface area contributed by atoms with Gasteiger partial charge in [-0.05, 0) is 68.4 Å². The number of likely N-dealkylation sites (N-methyl/N-ethyl adjacent to an activating group) is 1. The second-order valence-corrected chi connectivity index (χ2v) is 6.44. The van der Waals surface area contributed by atoms with Crippen molar-refractivity contribution in [3.63, 3.8) is 0 Å². The van der Waals surface area contributed by atoms with Gasteiger partial charge in [0.05, 0.1) is 27.4 Å². The second kappa shape index (κ2) is 9.28. The van der Waals surface area contributed by atoms with E-state index < -0.39 is 0 Å². The van der Waals surface area contributed by atoms with Gasteiger partial charge >= 0.3 is 0 Å². The highest BCUT2D eigenvalue weighted by atomic mass is 16.5. The predicted molar refractivity (Wildman–Crippen MR) is 107 cm³/mol. The predicted octanol–water partition coefficient (Wildman–Crippen LogP) is 3.48. The van der Waals surface area contributed by atoms with Crippen molar-refractivity contribution in [2.75, 3.05) is 33.7 Å². The first kappa shape index (κ1) is 20.6. The average molecular weight is 372 g/mol. The first-order valence-electron chi connectivity index (χ1n) is 8.76. The number of amides is 1. The third kappa shape index (κ3) is 5.14. The van der Waals surface area contributed by atoms with Crippen molar-refractivity contribution in [2.24, 2.45) is 0 Å². The fourth-order valence-corrected chi connectivity index (χ4v) is 2.72. The Hall–Kier alpha value is -2.73. The Bertz CT molecular complexity index is 774. The minimum atomic E-state index is -0.306. The lowest BCUT2D eigenvalue weighted by atomic mass is 10.1. The van der Waals surface area contributed by atoms with Gasteiger partial charge in [0.15, 0.2) is 11.5 Å². The smallest absolute Gasteiger partial charge is 0.241 e. The van der Waals surface area contributed by atoms with E-state index >= 15 is 0 Å². The van der Waals surface area contributed by atoms with Crippen LogP contribution in [-0.4, -0.2) is 45.2 Å². The van der Waals surface area contributed by atoms with E-state index in [1.165, 1.54) is 0 Å². The van der Waals surface area contributed by atoms with Crippen LogP contribution in [0, 0.1) is 6.92 Å². The van der Waals surface area contributed by atoms with Crippen LogP contribution in [0.25, 0.3) is 0 Å². The van der Waals surface area contributed by atoms with Crippen LogP contribution >= 0.6 is 0 Å². The fourth-order valence-electron chi connectivity index (χ4n) is 2.72. The van der Waals surface area contributed by atoms with Gasteiger partial charge in [-0.2, -0.15) is 0 Å². The molecule has 0 aliphatic rings. The second-order valence-electron chi connectivity index (χ2n) is 6.44. The number of hydrogen-bond donors (Lipinski definition) is 1. The number of benzene rings is 2. The van der Waals surface area contributed by atoms with Gasteiger partial charge in [0.2, 0.25) is 5.91 Å². The number of anilines is 1. The summed E-state index contributed by atoms with van der Waals surface area (Å²) in [5.74, 6) is 2.07. The van der Waals surface area contributed by atoms with Crippen LogP contribution in [0.5, 0.6) is 17.2 Å². The van der Waals surface area contributed by atoms with Crippen LogP contribution in [0.3, 0.4) is 0 Å². The molecule has 1 N–H and O–H groups in total. The minimum Gasteiger partial charge on any atom is -0.497 e. The maximum Gasteiger partial charge on any atom is 0.241 e. The maximum absolute atomic E-state index is 12.6. The molecule has 0 fully saturated rings. The van der Waals surface area contributed by atoms with Gasteiger partial charge in [0, 0.05) is 12.2 Å². The summed E-state index contributed by atoms with van der Waals surface area (Å²) in [6.07, 6.45) is 0. The minimum absolute atomic E-state index is 0.0687. The molecule has 2 aromatic rings. The number of nitrogens with one attached hydrogen (secondary N) is 1. The van der Waals surface area contributed by atoms with Gasteiger partial charge in [-0.15, -0.1) is 0 Å². The zero-order valence-electron chi connectivity index (χ0n) is 16.8. The van der Waals surface area contributed by atoms with E-state index in [9.17, 15) is 4.79 Å². The maximum atomic E-state index is 12.6. The zero-order valence-corrected chi connectivity index (χ0v) is 16.8. The van der Waals surface area contributed by atoms with Crippen molar-refractivity contribution < 1.29 is 19.0 Å². The first-order chi connectivity index (χ1) is 12.9. The van der Waals surface area contributed by atoms with Crippen molar-refractivity contribution in [3.8, 4) is 17.2 Å². The average Bonchev–Trinajstić information content (AvgIpc) is 2.68. The molecule has 0 aromatic heterocycles. The Balaban J connectivity index is 2.05. The van der Waals surface area contributed by atoms with Crippen LogP contribution in [0.2, 0.25) is 0 Å². The summed E-state index contributed by atoms with van der Waals surface area (Å²) in [7, 11) is 6.77. The molecule has 2 rings (SSSR count). The number of ether oxygens (including phenoxy) is 3. The highest BCUT2D eigenvalue weighted by Gasteiger charge is 2.20. The Labute approximate surface area is 161 Å². The number of carbonyl (C=O) groups excluding carboxylic acids is 1. The van der Waals surface area contributed by atoms with Crippen LogP contribution in [0.15, 0.2) is 36.4 Å². The van der Waals surface area contributed by atoms with Gasteiger partial charge in [-0.3, -0.25) is 9.69 Å². The lowest BCUT2D eigenvalue weighted by Crippen LogP contribution is -2.39. The SMILES string of the molecule is COc1ccc(NC(=O)[C@@H](C)N(C)Cc2cc(OC)c(OC)cc2C)cc1. The van der Waals surface area contributed by atoms with E-state index in [-0.39, 0.29) is 11.9 Å². The molecular formula is C21H28N2O4. The molecule has 0 radical (unpaired) electrons. The molecule has 0 unspecified atom stereocenters. The van der Waals surface area contributed by atoms with Crippen molar-refractivity contribution in [1.29, 1.82) is 0 Å². The summed E-state index contributed by atoms with van der Waals surface area (Å²) in [5, 5.41) is 2.93. The van der Waals surface area contributed by atoms with E-state index in [0.717, 1.165) is 22.6 Å². The third-order valence-corrected chi connectivity index (χ3v) is 4.66. The summed E-state index contributed by atoms with van der Waals surface area (Å²) in [4.78, 5) is 14.6. The van der Waals surface area contributed by atoms with Gasteiger partial charge in [0.25, 0.3) is 0 Å². The molecule has 0 aliphatic heterocycles. The summed E-state index contributed by atoms with van der Waals surface area (Å²) >= 11 is 0. The fraction of sp³-hybridized carbons (Fsp3) is 0.381. The normalized spacial score (nSPS) is 11.8. The highest BCUT2D eigenvalue weighted by molar-refractivity contribution is 5.94. The van der Waals surface area contributed by atoms with E-state index in [0.29, 0.717) is 18.0 Å². The van der Waals surface area contributed by atoms with Gasteiger partial charge in [-0.1, -0.05) is 0 Å². The highest BCUT2D eigenvalue weighted by Crippen LogP contribution is 2.31. The topological polar surface area (TPSA) is 60.0 Å². The van der Waals surface area contributed by atoms with E-state index in [1.54, 1.807) is 21.3 Å². The van der Waals surface area contributed by atoms with Crippen LogP contribution < -0.4 is 19.5 Å². The summed E-state index contributed by atoms with van der Waals surface area (Å²) < 4.78 is 15.9. The number of carbonyl (C=O) groups is 1. The van der Waals surface area contributed by atoms with Crippen molar-refractivity contribution >= 4 is 11.6 Å². The zero-order chi connectivity index (χ0) is 20.0. The number of hydrogen-bond acceptors (Lipinski definition) is 5. The molecule has 2 aromatic carbocycles. The van der Waals surface area contributed by atoms with E-state index in [4.69, 9.17) is 14.2 Å². The Morgan fingerprint density at radius 2 is 1.63 bits per heavy atom. The Kier molecular flexibility index (Phi) is 7.07. The molecule has 0 heterocycles. The molecule has 146 valence electrons. The van der Waals surface area contributed by atoms with Crippen molar-refractivity contribution in [1.82, 2.24) is 4.90 Å². The monoisotopic (exact) mass is 372 g/mol. The summed E-state index contributed by atoms with van der Waals surface area (Å²) in [5.41, 5.74) is 2.91. The Morgan fingerprint density at radius 3 is 2.19 bits per heavy atom. The summed E-state index contributed by atoms with van der Waals surface area (Å²) in [6, 6.07) is 10.9. The molecule has 0 saturated carbocycles. The quantitative estimate of drug-likeness (QED) is 0.769. The van der Waals surface area contributed by atoms with Gasteiger partial charge in [0.1, 0.15) is 5.75 Å². The molecule has 6 nitrogen and oxygen atoms in total. The van der Waals surface area contributed by atoms with Crippen LogP contribution in [-0.2, 0) is 11.3 Å². The standard InChI is InChI=1S/C21H28N2O4/c1-14-11-19(26-5)20(27-6)12-16(14)13-23(3)15(2)21(24)22-17-7-9-18(25-4)10-8-17/h7-12,15H,13H2,1-6H3,(H,22,24)/t15-/m1/s1. The molecule has 0 saturated heterocycles. The number of rotatable bonds is 8. The molecule has 1 atom stereocenters. The lowest BCUT2D eigenvalue weighted by molar-refractivity contribution is -0.120. The third-order valence-electron chi connectivity index (χ3n) is 4.66. The lowest BCUT2D eigenvalue weighted by Gasteiger charge is -2.25. The molecule has 6 heteroatoms. The number of aryl methyl sites for hydroxylation is 1. The molecular weight excluding hydrogens is 344 g/mol. The number of nitrogens with zero attached hydrogens (tertiary/aromatic N) is 1. The summed E-state index contributed by atoms with van der Waals surface area (Å²) in [6.45, 7) is 4.52.